The van der Waals surface area contributed by atoms with Crippen molar-refractivity contribution >= 4 is 0 Å². The van der Waals surface area contributed by atoms with E-state index in [9.17, 15) is 5.11 Å². The van der Waals surface area contributed by atoms with Crippen molar-refractivity contribution in [2.24, 2.45) is 11.8 Å². The summed E-state index contributed by atoms with van der Waals surface area (Å²) in [7, 11) is 0. The third-order valence-electron chi connectivity index (χ3n) is 3.31. The third-order valence-corrected chi connectivity index (χ3v) is 3.31. The lowest BCUT2D eigenvalue weighted by molar-refractivity contribution is -0.258. The lowest BCUT2D eigenvalue weighted by Crippen LogP contribution is -2.64. The van der Waals surface area contributed by atoms with Gasteiger partial charge < -0.3 is 10.1 Å². The largest absolute Gasteiger partial charge is 0.383 e. The number of H-pyrrole nitrogens is 1. The first-order valence-corrected chi connectivity index (χ1v) is 4.03. The molecule has 3 saturated carbocycles. The zero-order valence-corrected chi connectivity index (χ0v) is 6.12. The highest BCUT2D eigenvalue weighted by Crippen LogP contribution is 2.65. The van der Waals surface area contributed by atoms with Crippen LogP contribution >= 0.6 is 0 Å². The SMILES string of the molecule is OC1(c2cnc[nH]2)C2CC1C2. The highest BCUT2D eigenvalue weighted by atomic mass is 16.3. The maximum atomic E-state index is 10.0. The molecule has 0 spiro atoms. The molecule has 11 heavy (non-hydrogen) atoms. The Labute approximate surface area is 64.5 Å². The fraction of sp³-hybridized carbons (Fsp3) is 0.625. The van der Waals surface area contributed by atoms with Gasteiger partial charge in [0, 0.05) is 0 Å². The Morgan fingerprint density at radius 2 is 2.27 bits per heavy atom. The summed E-state index contributed by atoms with van der Waals surface area (Å²) in [5.74, 6) is 1.01. The third kappa shape index (κ3) is 0.456. The van der Waals surface area contributed by atoms with Crippen LogP contribution in [0.2, 0.25) is 0 Å². The number of hydrogen-bond acceptors (Lipinski definition) is 2. The van der Waals surface area contributed by atoms with Gasteiger partial charge in [0.25, 0.3) is 0 Å². The van der Waals surface area contributed by atoms with E-state index in [1.54, 1.807) is 12.5 Å². The van der Waals surface area contributed by atoms with E-state index >= 15 is 0 Å². The lowest BCUT2D eigenvalue weighted by Gasteiger charge is -2.64. The summed E-state index contributed by atoms with van der Waals surface area (Å²) in [4.78, 5) is 6.89. The summed E-state index contributed by atoms with van der Waals surface area (Å²) in [6, 6.07) is 0. The van der Waals surface area contributed by atoms with Crippen LogP contribution in [-0.2, 0) is 5.60 Å². The van der Waals surface area contributed by atoms with E-state index in [1.807, 2.05) is 0 Å². The molecule has 0 saturated heterocycles. The maximum Gasteiger partial charge on any atom is 0.111 e. The predicted molar refractivity (Wildman–Crippen MR) is 38.7 cm³/mol. The number of rotatable bonds is 1. The second kappa shape index (κ2) is 1.50. The Hall–Kier alpha value is -0.830. The van der Waals surface area contributed by atoms with Gasteiger partial charge in [-0.3, -0.25) is 0 Å². The maximum absolute atomic E-state index is 10.0. The highest BCUT2D eigenvalue weighted by molar-refractivity contribution is 5.25. The molecule has 0 unspecified atom stereocenters. The lowest BCUT2D eigenvalue weighted by atomic mass is 9.44. The Bertz CT molecular complexity index is 266. The monoisotopic (exact) mass is 150 g/mol. The number of aromatic nitrogens is 2. The van der Waals surface area contributed by atoms with Crippen LogP contribution in [0.1, 0.15) is 18.5 Å². The van der Waals surface area contributed by atoms with Gasteiger partial charge in [-0.15, -0.1) is 0 Å². The van der Waals surface area contributed by atoms with Crippen molar-refractivity contribution in [3.63, 3.8) is 0 Å². The van der Waals surface area contributed by atoms with Gasteiger partial charge in [-0.25, -0.2) is 4.98 Å². The number of nitrogens with one attached hydrogen (secondary N) is 1. The van der Waals surface area contributed by atoms with Gasteiger partial charge in [0.05, 0.1) is 18.2 Å². The molecule has 1 aromatic rings. The first kappa shape index (κ1) is 5.77. The van der Waals surface area contributed by atoms with Crippen molar-refractivity contribution in [2.75, 3.05) is 0 Å². The number of hydrogen-bond donors (Lipinski definition) is 2. The predicted octanol–water partition coefficient (Wildman–Crippen LogP) is 0.637. The molecule has 2 N–H and O–H groups in total. The number of aliphatic hydroxyl groups is 1. The van der Waals surface area contributed by atoms with Crippen LogP contribution in [-0.4, -0.2) is 15.1 Å². The van der Waals surface area contributed by atoms with Gasteiger partial charge in [0.2, 0.25) is 0 Å². The van der Waals surface area contributed by atoms with Crippen molar-refractivity contribution in [3.8, 4) is 0 Å². The number of aromatic amines is 1. The van der Waals surface area contributed by atoms with Crippen molar-refractivity contribution in [1.29, 1.82) is 0 Å². The van der Waals surface area contributed by atoms with Crippen molar-refractivity contribution in [3.05, 3.63) is 18.2 Å². The molecule has 0 radical (unpaired) electrons. The molecular formula is C8H10N2O. The van der Waals surface area contributed by atoms with Crippen molar-refractivity contribution in [2.45, 2.75) is 18.4 Å². The molecule has 4 rings (SSSR count). The Morgan fingerprint density at radius 1 is 1.55 bits per heavy atom. The van der Waals surface area contributed by atoms with Gasteiger partial charge in [-0.1, -0.05) is 0 Å². The van der Waals surface area contributed by atoms with Gasteiger partial charge in [0.1, 0.15) is 5.60 Å². The van der Waals surface area contributed by atoms with Crippen molar-refractivity contribution in [1.82, 2.24) is 9.97 Å². The summed E-state index contributed by atoms with van der Waals surface area (Å²) in [5.41, 5.74) is 0.390. The van der Waals surface area contributed by atoms with Gasteiger partial charge in [0.15, 0.2) is 0 Å². The highest BCUT2D eigenvalue weighted by Gasteiger charge is 2.65. The van der Waals surface area contributed by atoms with Crippen LogP contribution < -0.4 is 0 Å². The minimum Gasteiger partial charge on any atom is -0.383 e. The average Bonchev–Trinajstić information content (AvgIpc) is 2.30. The molecule has 3 aliphatic carbocycles. The molecule has 0 aliphatic heterocycles. The van der Waals surface area contributed by atoms with Gasteiger partial charge in [-0.2, -0.15) is 0 Å². The van der Waals surface area contributed by atoms with Gasteiger partial charge >= 0.3 is 0 Å². The van der Waals surface area contributed by atoms with E-state index in [0.717, 1.165) is 5.69 Å². The summed E-state index contributed by atoms with van der Waals surface area (Å²) in [5, 5.41) is 10.0. The fourth-order valence-corrected chi connectivity index (χ4v) is 2.26. The molecule has 58 valence electrons. The molecular weight excluding hydrogens is 140 g/mol. The summed E-state index contributed by atoms with van der Waals surface area (Å²) >= 11 is 0. The summed E-state index contributed by atoms with van der Waals surface area (Å²) in [6.07, 6.45) is 5.77. The molecule has 3 nitrogen and oxygen atoms in total. The Kier molecular flexibility index (Phi) is 0.790. The van der Waals surface area contributed by atoms with E-state index in [2.05, 4.69) is 9.97 Å². The molecule has 0 amide bonds. The molecule has 3 heteroatoms. The summed E-state index contributed by atoms with van der Waals surface area (Å²) in [6.45, 7) is 0. The summed E-state index contributed by atoms with van der Waals surface area (Å²) < 4.78 is 0. The van der Waals surface area contributed by atoms with E-state index in [4.69, 9.17) is 0 Å². The Balaban J connectivity index is 2.01. The minimum atomic E-state index is -0.517. The molecule has 0 atom stereocenters. The Morgan fingerprint density at radius 3 is 2.64 bits per heavy atom. The van der Waals surface area contributed by atoms with E-state index < -0.39 is 5.60 Å². The molecule has 1 aromatic heterocycles. The van der Waals surface area contributed by atoms with Crippen LogP contribution in [0.15, 0.2) is 12.5 Å². The second-order valence-corrected chi connectivity index (χ2v) is 3.66. The normalized spacial score (nSPS) is 46.3. The van der Waals surface area contributed by atoms with E-state index in [-0.39, 0.29) is 0 Å². The standard InChI is InChI=1S/C8H10N2O/c11-8(5-1-6(8)2-5)7-3-9-4-10-7/h3-6,11H,1-2H2,(H,9,10). The first-order chi connectivity index (χ1) is 5.32. The van der Waals surface area contributed by atoms with E-state index in [1.165, 1.54) is 12.8 Å². The quantitative estimate of drug-likeness (QED) is 0.617. The zero-order valence-electron chi connectivity index (χ0n) is 6.12. The van der Waals surface area contributed by atoms with Crippen LogP contribution in [0.3, 0.4) is 0 Å². The molecule has 3 fully saturated rings. The first-order valence-electron chi connectivity index (χ1n) is 4.03. The van der Waals surface area contributed by atoms with Crippen LogP contribution in [0.4, 0.5) is 0 Å². The van der Waals surface area contributed by atoms with Crippen molar-refractivity contribution < 1.29 is 5.11 Å². The molecule has 3 aliphatic rings. The smallest absolute Gasteiger partial charge is 0.111 e. The average molecular weight is 150 g/mol. The second-order valence-electron chi connectivity index (χ2n) is 3.66. The zero-order chi connectivity index (χ0) is 7.47. The van der Waals surface area contributed by atoms with Crippen LogP contribution in [0.5, 0.6) is 0 Å². The minimum absolute atomic E-state index is 0.507. The van der Waals surface area contributed by atoms with E-state index in [0.29, 0.717) is 11.8 Å². The molecule has 1 heterocycles. The topological polar surface area (TPSA) is 48.9 Å². The number of nitrogens with zero attached hydrogens (tertiary/aromatic N) is 1. The van der Waals surface area contributed by atoms with Crippen LogP contribution in [0.25, 0.3) is 0 Å². The fourth-order valence-electron chi connectivity index (χ4n) is 2.26. The van der Waals surface area contributed by atoms with Crippen LogP contribution in [0, 0.1) is 11.8 Å². The molecule has 2 bridgehead atoms. The van der Waals surface area contributed by atoms with Gasteiger partial charge in [-0.05, 0) is 24.7 Å². The number of imidazole rings is 1. The molecule has 0 aromatic carbocycles.